The van der Waals surface area contributed by atoms with E-state index in [2.05, 4.69) is 5.32 Å². The van der Waals surface area contributed by atoms with E-state index in [1.807, 2.05) is 4.90 Å². The zero-order chi connectivity index (χ0) is 15.2. The van der Waals surface area contributed by atoms with E-state index in [4.69, 9.17) is 5.11 Å². The molecule has 1 amide bonds. The summed E-state index contributed by atoms with van der Waals surface area (Å²) in [4.78, 5) is 24.6. The van der Waals surface area contributed by atoms with Gasteiger partial charge < -0.3 is 15.5 Å². The monoisotopic (exact) mass is 298 g/mol. The van der Waals surface area contributed by atoms with Gasteiger partial charge in [0.25, 0.3) is 0 Å². The fourth-order valence-electron chi connectivity index (χ4n) is 3.38. The Hall–Kier alpha value is -1.14. The van der Waals surface area contributed by atoms with Crippen LogP contribution in [-0.4, -0.2) is 58.8 Å². The minimum atomic E-state index is -0.887. The van der Waals surface area contributed by atoms with Crippen LogP contribution in [0.3, 0.4) is 0 Å². The number of aliphatic hydroxyl groups is 1. The number of carbonyl (C=O) groups excluding carboxylic acids is 1. The van der Waals surface area contributed by atoms with Gasteiger partial charge in [0.2, 0.25) is 5.91 Å². The van der Waals surface area contributed by atoms with Crippen molar-refractivity contribution in [3.05, 3.63) is 0 Å². The molecule has 0 aromatic rings. The number of nitrogens with zero attached hydrogens (tertiary/aromatic N) is 1. The lowest BCUT2D eigenvalue weighted by molar-refractivity contribution is -0.139. The number of carboxylic acids is 1. The molecule has 0 unspecified atom stereocenters. The van der Waals surface area contributed by atoms with Gasteiger partial charge in [-0.1, -0.05) is 19.3 Å². The Bertz CT molecular complexity index is 361. The van der Waals surface area contributed by atoms with Crippen LogP contribution in [0.15, 0.2) is 0 Å². The van der Waals surface area contributed by atoms with E-state index in [0.717, 1.165) is 38.5 Å². The number of hydrogen-bond donors (Lipinski definition) is 3. The normalized spacial score (nSPS) is 23.7. The number of piperidine rings is 1. The van der Waals surface area contributed by atoms with E-state index in [9.17, 15) is 14.7 Å². The predicted octanol–water partition coefficient (Wildman–Crippen LogP) is 0.593. The molecule has 21 heavy (non-hydrogen) atoms. The number of carbonyl (C=O) groups is 2. The summed E-state index contributed by atoms with van der Waals surface area (Å²) in [5, 5.41) is 21.8. The summed E-state index contributed by atoms with van der Waals surface area (Å²) in [5.41, 5.74) is 0. The first-order valence-electron chi connectivity index (χ1n) is 7.99. The number of nitrogens with one attached hydrogen (secondary N) is 1. The molecule has 1 saturated heterocycles. The molecule has 2 fully saturated rings. The molecule has 6 nitrogen and oxygen atoms in total. The Morgan fingerprint density at radius 2 is 1.71 bits per heavy atom. The van der Waals surface area contributed by atoms with Crippen LogP contribution in [0.1, 0.15) is 44.9 Å². The number of hydrogen-bond acceptors (Lipinski definition) is 4. The maximum Gasteiger partial charge on any atom is 0.317 e. The molecule has 1 aliphatic heterocycles. The molecule has 1 atom stereocenters. The smallest absolute Gasteiger partial charge is 0.317 e. The molecule has 2 rings (SSSR count). The third kappa shape index (κ3) is 4.97. The Morgan fingerprint density at radius 3 is 2.29 bits per heavy atom. The second-order valence-corrected chi connectivity index (χ2v) is 6.30. The SMILES string of the molecule is O=C(O)CN1CCC(NC(=O)[C@H](O)C2CCCCC2)CC1. The van der Waals surface area contributed by atoms with Crippen LogP contribution in [-0.2, 0) is 9.59 Å². The van der Waals surface area contributed by atoms with Gasteiger partial charge >= 0.3 is 5.97 Å². The summed E-state index contributed by atoms with van der Waals surface area (Å²) in [6.45, 7) is 1.42. The largest absolute Gasteiger partial charge is 0.480 e. The highest BCUT2D eigenvalue weighted by Gasteiger charge is 2.29. The lowest BCUT2D eigenvalue weighted by Gasteiger charge is -2.33. The van der Waals surface area contributed by atoms with Crippen LogP contribution in [0.4, 0.5) is 0 Å². The van der Waals surface area contributed by atoms with Crippen LogP contribution in [0.25, 0.3) is 0 Å². The molecule has 6 heteroatoms. The molecule has 1 heterocycles. The van der Waals surface area contributed by atoms with Crippen LogP contribution in [0, 0.1) is 5.92 Å². The topological polar surface area (TPSA) is 89.9 Å². The second kappa shape index (κ2) is 7.75. The molecule has 2 aliphatic rings. The lowest BCUT2D eigenvalue weighted by atomic mass is 9.85. The zero-order valence-electron chi connectivity index (χ0n) is 12.5. The van der Waals surface area contributed by atoms with Gasteiger partial charge in [-0.15, -0.1) is 0 Å². The summed E-state index contributed by atoms with van der Waals surface area (Å²) >= 11 is 0. The van der Waals surface area contributed by atoms with Crippen molar-refractivity contribution < 1.29 is 19.8 Å². The minimum absolute atomic E-state index is 0.0563. The third-order valence-electron chi connectivity index (χ3n) is 4.66. The van der Waals surface area contributed by atoms with Crippen molar-refractivity contribution in [2.75, 3.05) is 19.6 Å². The fourth-order valence-corrected chi connectivity index (χ4v) is 3.38. The van der Waals surface area contributed by atoms with Gasteiger partial charge in [-0.05, 0) is 31.6 Å². The van der Waals surface area contributed by atoms with Crippen molar-refractivity contribution in [2.24, 2.45) is 5.92 Å². The van der Waals surface area contributed by atoms with Crippen LogP contribution in [0.2, 0.25) is 0 Å². The number of likely N-dealkylation sites (tertiary alicyclic amines) is 1. The fraction of sp³-hybridized carbons (Fsp3) is 0.867. The molecule has 3 N–H and O–H groups in total. The Balaban J connectivity index is 1.72. The highest BCUT2D eigenvalue weighted by Crippen LogP contribution is 2.26. The number of carboxylic acid groups (broad SMARTS) is 1. The van der Waals surface area contributed by atoms with Gasteiger partial charge in [0.05, 0.1) is 6.54 Å². The van der Waals surface area contributed by atoms with Crippen molar-refractivity contribution in [1.29, 1.82) is 0 Å². The summed E-state index contributed by atoms with van der Waals surface area (Å²) in [6, 6.07) is 0.0563. The molecule has 1 saturated carbocycles. The van der Waals surface area contributed by atoms with Gasteiger partial charge in [-0.25, -0.2) is 0 Å². The lowest BCUT2D eigenvalue weighted by Crippen LogP contribution is -2.49. The molecule has 0 aromatic carbocycles. The molecule has 120 valence electrons. The Labute approximate surface area is 125 Å². The van der Waals surface area contributed by atoms with Crippen molar-refractivity contribution in [1.82, 2.24) is 10.2 Å². The van der Waals surface area contributed by atoms with Crippen LogP contribution >= 0.6 is 0 Å². The average molecular weight is 298 g/mol. The van der Waals surface area contributed by atoms with Gasteiger partial charge in [-0.3, -0.25) is 14.5 Å². The van der Waals surface area contributed by atoms with Gasteiger partial charge in [0.15, 0.2) is 0 Å². The van der Waals surface area contributed by atoms with E-state index in [0.29, 0.717) is 13.1 Å². The molecule has 1 aliphatic carbocycles. The summed E-state index contributed by atoms with van der Waals surface area (Å²) in [5.74, 6) is -0.963. The van der Waals surface area contributed by atoms with Gasteiger partial charge in [-0.2, -0.15) is 0 Å². The summed E-state index contributed by atoms with van der Waals surface area (Å²) in [7, 11) is 0. The molecule has 0 bridgehead atoms. The zero-order valence-corrected chi connectivity index (χ0v) is 12.5. The first kappa shape index (κ1) is 16.2. The van der Waals surface area contributed by atoms with Crippen molar-refractivity contribution in [3.8, 4) is 0 Å². The number of aliphatic carboxylic acids is 1. The average Bonchev–Trinajstić information content (AvgIpc) is 2.49. The van der Waals surface area contributed by atoms with Crippen molar-refractivity contribution in [3.63, 3.8) is 0 Å². The maximum atomic E-state index is 12.1. The summed E-state index contributed by atoms with van der Waals surface area (Å²) < 4.78 is 0. The van der Waals surface area contributed by atoms with Gasteiger partial charge in [0.1, 0.15) is 6.10 Å². The van der Waals surface area contributed by atoms with Crippen molar-refractivity contribution >= 4 is 11.9 Å². The van der Waals surface area contributed by atoms with Crippen LogP contribution in [0.5, 0.6) is 0 Å². The van der Waals surface area contributed by atoms with E-state index >= 15 is 0 Å². The van der Waals surface area contributed by atoms with E-state index in [1.165, 1.54) is 6.42 Å². The minimum Gasteiger partial charge on any atom is -0.480 e. The first-order valence-corrected chi connectivity index (χ1v) is 7.99. The highest BCUT2D eigenvalue weighted by molar-refractivity contribution is 5.81. The van der Waals surface area contributed by atoms with E-state index in [-0.39, 0.29) is 24.4 Å². The second-order valence-electron chi connectivity index (χ2n) is 6.30. The van der Waals surface area contributed by atoms with E-state index < -0.39 is 12.1 Å². The third-order valence-corrected chi connectivity index (χ3v) is 4.66. The molecule has 0 aromatic heterocycles. The summed E-state index contributed by atoms with van der Waals surface area (Å²) in [6.07, 6.45) is 5.88. The molecule has 0 radical (unpaired) electrons. The molecular weight excluding hydrogens is 272 g/mol. The Morgan fingerprint density at radius 1 is 1.10 bits per heavy atom. The standard InChI is InChI=1S/C15H26N2O4/c18-13(19)10-17-8-6-12(7-9-17)16-15(21)14(20)11-4-2-1-3-5-11/h11-12,14,20H,1-10H2,(H,16,21)(H,18,19)/t14-/m1/s1. The molecular formula is C15H26N2O4. The Kier molecular flexibility index (Phi) is 5.99. The van der Waals surface area contributed by atoms with Crippen molar-refractivity contribution in [2.45, 2.75) is 57.1 Å². The predicted molar refractivity (Wildman–Crippen MR) is 77.8 cm³/mol. The number of aliphatic hydroxyl groups excluding tert-OH is 1. The quantitative estimate of drug-likeness (QED) is 0.691. The maximum absolute atomic E-state index is 12.1. The number of amides is 1. The van der Waals surface area contributed by atoms with Crippen LogP contribution < -0.4 is 5.32 Å². The van der Waals surface area contributed by atoms with Gasteiger partial charge in [0, 0.05) is 19.1 Å². The molecule has 0 spiro atoms. The number of rotatable bonds is 5. The van der Waals surface area contributed by atoms with E-state index in [1.54, 1.807) is 0 Å². The highest BCUT2D eigenvalue weighted by atomic mass is 16.4. The first-order chi connectivity index (χ1) is 10.1.